The Morgan fingerprint density at radius 1 is 1.59 bits per heavy atom. The largest absolute Gasteiger partial charge is 0.492 e. The summed E-state index contributed by atoms with van der Waals surface area (Å²) in [6, 6.07) is 1.35. The van der Waals surface area contributed by atoms with Crippen LogP contribution in [0.5, 0.6) is 5.88 Å². The van der Waals surface area contributed by atoms with Crippen molar-refractivity contribution in [1.82, 2.24) is 4.98 Å². The number of pyridine rings is 1. The van der Waals surface area contributed by atoms with Gasteiger partial charge in [0.1, 0.15) is 16.4 Å². The van der Waals surface area contributed by atoms with E-state index in [0.29, 0.717) is 13.2 Å². The van der Waals surface area contributed by atoms with Crippen LogP contribution in [0.1, 0.15) is 30.6 Å². The lowest BCUT2D eigenvalue weighted by atomic mass is 10.2. The molecule has 94 valence electrons. The number of aromatic hydroxyl groups is 1. The van der Waals surface area contributed by atoms with Crippen molar-refractivity contribution >= 4 is 23.4 Å². The number of carbonyl (C=O) groups excluding carboxylic acids is 1. The molecule has 0 amide bonds. The number of halogens is 1. The molecular formula is C11H15ClN2O3. The van der Waals surface area contributed by atoms with E-state index >= 15 is 0 Å². The van der Waals surface area contributed by atoms with E-state index in [1.165, 1.54) is 6.07 Å². The van der Waals surface area contributed by atoms with E-state index in [2.05, 4.69) is 10.3 Å². The predicted octanol–water partition coefficient (Wildman–Crippen LogP) is 2.44. The molecule has 17 heavy (non-hydrogen) atoms. The molecule has 6 heteroatoms. The zero-order valence-corrected chi connectivity index (χ0v) is 10.5. The Kier molecular flexibility index (Phi) is 5.03. The molecule has 1 rings (SSSR count). The van der Waals surface area contributed by atoms with Crippen molar-refractivity contribution in [3.63, 3.8) is 0 Å². The van der Waals surface area contributed by atoms with E-state index in [-0.39, 0.29) is 22.3 Å². The third-order valence-electron chi connectivity index (χ3n) is 1.96. The van der Waals surface area contributed by atoms with Crippen molar-refractivity contribution in [2.75, 3.05) is 18.5 Å². The lowest BCUT2D eigenvalue weighted by Gasteiger charge is -2.10. The fourth-order valence-corrected chi connectivity index (χ4v) is 1.36. The molecule has 2 N–H and O–H groups in total. The van der Waals surface area contributed by atoms with Gasteiger partial charge in [0.2, 0.25) is 5.88 Å². The number of aromatic nitrogens is 1. The SMILES string of the molecule is CCCOC(=O)c1cc(Cl)c(O)nc1NCC. The van der Waals surface area contributed by atoms with Gasteiger partial charge in [-0.05, 0) is 19.4 Å². The molecule has 0 aliphatic rings. The minimum absolute atomic E-state index is 0.0232. The Balaban J connectivity index is 3.02. The maximum Gasteiger partial charge on any atom is 0.341 e. The molecule has 0 saturated heterocycles. The molecule has 0 fully saturated rings. The van der Waals surface area contributed by atoms with Crippen LogP contribution in [0.4, 0.5) is 5.82 Å². The van der Waals surface area contributed by atoms with Gasteiger partial charge in [0.05, 0.1) is 6.61 Å². The van der Waals surface area contributed by atoms with Crippen LogP contribution in [0.15, 0.2) is 6.07 Å². The lowest BCUT2D eigenvalue weighted by molar-refractivity contribution is 0.0506. The van der Waals surface area contributed by atoms with Gasteiger partial charge in [0.15, 0.2) is 0 Å². The molecule has 0 aliphatic heterocycles. The number of nitrogens with zero attached hydrogens (tertiary/aromatic N) is 1. The lowest BCUT2D eigenvalue weighted by Crippen LogP contribution is -2.11. The van der Waals surface area contributed by atoms with Gasteiger partial charge in [-0.2, -0.15) is 4.98 Å². The normalized spacial score (nSPS) is 10.1. The Morgan fingerprint density at radius 3 is 2.88 bits per heavy atom. The number of esters is 1. The van der Waals surface area contributed by atoms with Gasteiger partial charge < -0.3 is 15.2 Å². The molecule has 0 aromatic carbocycles. The number of nitrogens with one attached hydrogen (secondary N) is 1. The molecule has 1 aromatic heterocycles. The molecule has 0 atom stereocenters. The Labute approximate surface area is 105 Å². The topological polar surface area (TPSA) is 71.5 Å². The van der Waals surface area contributed by atoms with Crippen molar-refractivity contribution in [3.8, 4) is 5.88 Å². The first-order chi connectivity index (χ1) is 8.10. The minimum Gasteiger partial charge on any atom is -0.492 e. The third kappa shape index (κ3) is 3.49. The van der Waals surface area contributed by atoms with Crippen LogP contribution in [-0.4, -0.2) is 29.2 Å². The zero-order valence-electron chi connectivity index (χ0n) is 9.79. The van der Waals surface area contributed by atoms with Crippen molar-refractivity contribution < 1.29 is 14.6 Å². The Morgan fingerprint density at radius 2 is 2.29 bits per heavy atom. The second kappa shape index (κ2) is 6.30. The molecule has 1 heterocycles. The maximum atomic E-state index is 11.7. The number of anilines is 1. The molecule has 0 unspecified atom stereocenters. The molecule has 0 spiro atoms. The fraction of sp³-hybridized carbons (Fsp3) is 0.455. The van der Waals surface area contributed by atoms with Crippen molar-refractivity contribution in [2.45, 2.75) is 20.3 Å². The highest BCUT2D eigenvalue weighted by atomic mass is 35.5. The highest BCUT2D eigenvalue weighted by molar-refractivity contribution is 6.32. The highest BCUT2D eigenvalue weighted by Crippen LogP contribution is 2.26. The smallest absolute Gasteiger partial charge is 0.341 e. The maximum absolute atomic E-state index is 11.7. The monoisotopic (exact) mass is 258 g/mol. The Hall–Kier alpha value is -1.49. The van der Waals surface area contributed by atoms with Crippen molar-refractivity contribution in [1.29, 1.82) is 0 Å². The van der Waals surface area contributed by atoms with Crippen LogP contribution in [0.25, 0.3) is 0 Å². The van der Waals surface area contributed by atoms with Crippen LogP contribution < -0.4 is 5.32 Å². The van der Waals surface area contributed by atoms with E-state index in [1.54, 1.807) is 0 Å². The van der Waals surface area contributed by atoms with E-state index in [1.807, 2.05) is 13.8 Å². The number of hydrogen-bond donors (Lipinski definition) is 2. The zero-order chi connectivity index (χ0) is 12.8. The summed E-state index contributed by atoms with van der Waals surface area (Å²) in [7, 11) is 0. The highest BCUT2D eigenvalue weighted by Gasteiger charge is 2.17. The van der Waals surface area contributed by atoms with Crippen LogP contribution in [0, 0.1) is 0 Å². The van der Waals surface area contributed by atoms with Gasteiger partial charge in [-0.25, -0.2) is 4.79 Å². The average Bonchev–Trinajstić information content (AvgIpc) is 2.30. The fourth-order valence-electron chi connectivity index (χ4n) is 1.21. The van der Waals surface area contributed by atoms with Crippen LogP contribution >= 0.6 is 11.6 Å². The first kappa shape index (κ1) is 13.6. The Bertz CT molecular complexity index is 410. The average molecular weight is 259 g/mol. The molecule has 1 aromatic rings. The van der Waals surface area contributed by atoms with Gasteiger partial charge >= 0.3 is 5.97 Å². The van der Waals surface area contributed by atoms with E-state index in [9.17, 15) is 9.90 Å². The number of hydrogen-bond acceptors (Lipinski definition) is 5. The van der Waals surface area contributed by atoms with Gasteiger partial charge in [-0.3, -0.25) is 0 Å². The quantitative estimate of drug-likeness (QED) is 0.794. The molecular weight excluding hydrogens is 244 g/mol. The van der Waals surface area contributed by atoms with Crippen LogP contribution in [0.2, 0.25) is 5.02 Å². The third-order valence-corrected chi connectivity index (χ3v) is 2.24. The molecule has 0 aliphatic carbocycles. The van der Waals surface area contributed by atoms with Gasteiger partial charge in [0.25, 0.3) is 0 Å². The minimum atomic E-state index is -0.503. The van der Waals surface area contributed by atoms with E-state index in [4.69, 9.17) is 16.3 Å². The second-order valence-corrected chi connectivity index (χ2v) is 3.76. The van der Waals surface area contributed by atoms with Gasteiger partial charge in [0, 0.05) is 6.54 Å². The predicted molar refractivity (Wildman–Crippen MR) is 65.6 cm³/mol. The standard InChI is InChI=1S/C11H15ClN2O3/c1-3-5-17-11(16)7-6-8(12)10(15)14-9(7)13-4-2/h6H,3-5H2,1-2H3,(H2,13,14,15). The molecule has 5 nitrogen and oxygen atoms in total. The molecule has 0 saturated carbocycles. The van der Waals surface area contributed by atoms with Crippen molar-refractivity contribution in [3.05, 3.63) is 16.7 Å². The molecule has 0 bridgehead atoms. The number of carbonyl (C=O) groups is 1. The number of rotatable bonds is 5. The summed E-state index contributed by atoms with van der Waals surface area (Å²) in [4.78, 5) is 15.5. The second-order valence-electron chi connectivity index (χ2n) is 3.36. The van der Waals surface area contributed by atoms with Gasteiger partial charge in [-0.15, -0.1) is 0 Å². The van der Waals surface area contributed by atoms with Crippen LogP contribution in [-0.2, 0) is 4.74 Å². The summed E-state index contributed by atoms with van der Waals surface area (Å²) < 4.78 is 5.00. The summed E-state index contributed by atoms with van der Waals surface area (Å²) in [6.07, 6.45) is 0.738. The number of ether oxygens (including phenoxy) is 1. The summed E-state index contributed by atoms with van der Waals surface area (Å²) in [5.41, 5.74) is 0.225. The van der Waals surface area contributed by atoms with Crippen LogP contribution in [0.3, 0.4) is 0 Å². The first-order valence-corrected chi connectivity index (χ1v) is 5.78. The van der Waals surface area contributed by atoms with Gasteiger partial charge in [-0.1, -0.05) is 18.5 Å². The van der Waals surface area contributed by atoms with Crippen molar-refractivity contribution in [2.24, 2.45) is 0 Å². The summed E-state index contributed by atoms with van der Waals surface area (Å²) in [6.45, 7) is 4.67. The summed E-state index contributed by atoms with van der Waals surface area (Å²) >= 11 is 5.72. The first-order valence-electron chi connectivity index (χ1n) is 5.40. The summed E-state index contributed by atoms with van der Waals surface area (Å²) in [5.74, 6) is -0.539. The van der Waals surface area contributed by atoms with E-state index < -0.39 is 5.97 Å². The molecule has 0 radical (unpaired) electrons. The van der Waals surface area contributed by atoms with E-state index in [0.717, 1.165) is 6.42 Å². The summed E-state index contributed by atoms with van der Waals surface area (Å²) in [5, 5.41) is 12.3.